The van der Waals surface area contributed by atoms with Gasteiger partial charge in [0, 0.05) is 0 Å². The minimum absolute atomic E-state index is 0.0811. The van der Waals surface area contributed by atoms with E-state index >= 15 is 0 Å². The van der Waals surface area contributed by atoms with Gasteiger partial charge >= 0.3 is 0 Å². The van der Waals surface area contributed by atoms with Crippen LogP contribution in [0.3, 0.4) is 0 Å². The van der Waals surface area contributed by atoms with Crippen molar-refractivity contribution in [2.75, 3.05) is 0 Å². The van der Waals surface area contributed by atoms with Crippen LogP contribution in [-0.4, -0.2) is 15.0 Å². The molecule has 0 fully saturated rings. The molecule has 6 heteroatoms. The molecule has 0 N–H and O–H groups in total. The van der Waals surface area contributed by atoms with Crippen molar-refractivity contribution in [3.8, 4) is 5.75 Å². The summed E-state index contributed by atoms with van der Waals surface area (Å²) < 4.78 is 19.2. The Morgan fingerprint density at radius 2 is 1.85 bits per heavy atom. The third kappa shape index (κ3) is 2.35. The number of hydrogen-bond acceptors (Lipinski definition) is 4. The van der Waals surface area contributed by atoms with Crippen LogP contribution in [0, 0.1) is 5.82 Å². The minimum Gasteiger partial charge on any atom is -0.471 e. The smallest absolute Gasteiger partial charge is 0.280 e. The first-order valence-electron chi connectivity index (χ1n) is 5.95. The Hall–Kier alpha value is -2.76. The summed E-state index contributed by atoms with van der Waals surface area (Å²) in [4.78, 5) is 12.1. The van der Waals surface area contributed by atoms with E-state index in [1.807, 2.05) is 0 Å². The standard InChI is InChI=1S/C14H10FN3O2/c15-10-5-7-11(8-6-10)20-9-18-14(19)12-3-1-2-4-13(12)16-17-18/h1-8H,9H2. The van der Waals surface area contributed by atoms with Crippen molar-refractivity contribution >= 4 is 10.9 Å². The maximum atomic E-state index is 12.8. The second-order valence-corrected chi connectivity index (χ2v) is 4.14. The molecule has 0 unspecified atom stereocenters. The Kier molecular flexibility index (Phi) is 3.12. The van der Waals surface area contributed by atoms with Crippen LogP contribution >= 0.6 is 0 Å². The summed E-state index contributed by atoms with van der Waals surface area (Å²) in [5.74, 6) is 0.105. The molecule has 0 radical (unpaired) electrons. The molecular formula is C14H10FN3O2. The van der Waals surface area contributed by atoms with Crippen LogP contribution in [0.1, 0.15) is 0 Å². The quantitative estimate of drug-likeness (QED) is 0.730. The van der Waals surface area contributed by atoms with Crippen LogP contribution < -0.4 is 10.3 Å². The van der Waals surface area contributed by atoms with Crippen molar-refractivity contribution in [3.63, 3.8) is 0 Å². The predicted octanol–water partition coefficient (Wildman–Crippen LogP) is 1.97. The molecule has 100 valence electrons. The van der Waals surface area contributed by atoms with Gasteiger partial charge in [-0.1, -0.05) is 17.3 Å². The zero-order chi connectivity index (χ0) is 13.9. The van der Waals surface area contributed by atoms with Gasteiger partial charge in [0.1, 0.15) is 17.1 Å². The number of aromatic nitrogens is 3. The van der Waals surface area contributed by atoms with Crippen LogP contribution in [0.2, 0.25) is 0 Å². The molecule has 5 nitrogen and oxygen atoms in total. The van der Waals surface area contributed by atoms with E-state index in [1.54, 1.807) is 24.3 Å². The van der Waals surface area contributed by atoms with Gasteiger partial charge in [0.25, 0.3) is 5.56 Å². The van der Waals surface area contributed by atoms with E-state index in [0.717, 1.165) is 4.68 Å². The van der Waals surface area contributed by atoms with E-state index in [1.165, 1.54) is 24.3 Å². The van der Waals surface area contributed by atoms with Crippen molar-refractivity contribution in [2.45, 2.75) is 6.73 Å². The largest absolute Gasteiger partial charge is 0.471 e. The summed E-state index contributed by atoms with van der Waals surface area (Å²) in [5, 5.41) is 8.21. The van der Waals surface area contributed by atoms with Crippen LogP contribution in [0.4, 0.5) is 4.39 Å². The van der Waals surface area contributed by atoms with Crippen molar-refractivity contribution in [2.24, 2.45) is 0 Å². The normalized spacial score (nSPS) is 10.7. The molecule has 0 aliphatic heterocycles. The van der Waals surface area contributed by atoms with Gasteiger partial charge in [-0.3, -0.25) is 4.79 Å². The Balaban J connectivity index is 1.86. The fourth-order valence-electron chi connectivity index (χ4n) is 1.77. The van der Waals surface area contributed by atoms with Crippen LogP contribution in [0.15, 0.2) is 53.3 Å². The molecule has 3 rings (SSSR count). The summed E-state index contributed by atoms with van der Waals surface area (Å²) in [6.45, 7) is -0.0811. The first-order valence-corrected chi connectivity index (χ1v) is 5.95. The van der Waals surface area contributed by atoms with Gasteiger partial charge in [-0.05, 0) is 36.4 Å². The molecule has 0 atom stereocenters. The highest BCUT2D eigenvalue weighted by atomic mass is 19.1. The second-order valence-electron chi connectivity index (χ2n) is 4.14. The maximum absolute atomic E-state index is 12.8. The van der Waals surface area contributed by atoms with Gasteiger partial charge in [0.15, 0.2) is 6.73 Å². The van der Waals surface area contributed by atoms with E-state index in [-0.39, 0.29) is 18.1 Å². The fraction of sp³-hybridized carbons (Fsp3) is 0.0714. The number of hydrogen-bond donors (Lipinski definition) is 0. The van der Waals surface area contributed by atoms with Crippen molar-refractivity contribution < 1.29 is 9.13 Å². The van der Waals surface area contributed by atoms with Gasteiger partial charge in [-0.2, -0.15) is 4.68 Å². The minimum atomic E-state index is -0.347. The summed E-state index contributed by atoms with van der Waals surface area (Å²) in [5.41, 5.74) is 0.258. The lowest BCUT2D eigenvalue weighted by molar-refractivity contribution is 0.210. The Labute approximate surface area is 113 Å². The van der Waals surface area contributed by atoms with Crippen LogP contribution in [0.5, 0.6) is 5.75 Å². The van der Waals surface area contributed by atoms with Crippen molar-refractivity contribution in [1.82, 2.24) is 15.0 Å². The highest BCUT2D eigenvalue weighted by Crippen LogP contribution is 2.11. The summed E-state index contributed by atoms with van der Waals surface area (Å²) in [6.07, 6.45) is 0. The van der Waals surface area contributed by atoms with Crippen LogP contribution in [-0.2, 0) is 6.73 Å². The third-order valence-corrected chi connectivity index (χ3v) is 2.80. The first kappa shape index (κ1) is 12.3. The number of halogens is 1. The third-order valence-electron chi connectivity index (χ3n) is 2.80. The van der Waals surface area contributed by atoms with Gasteiger partial charge in [0.2, 0.25) is 0 Å². The molecule has 0 amide bonds. The number of fused-ring (bicyclic) bond motifs is 1. The van der Waals surface area contributed by atoms with E-state index < -0.39 is 0 Å². The van der Waals surface area contributed by atoms with Gasteiger partial charge in [-0.25, -0.2) is 4.39 Å². The lowest BCUT2D eigenvalue weighted by Crippen LogP contribution is -2.26. The summed E-state index contributed by atoms with van der Waals surface area (Å²) in [7, 11) is 0. The molecule has 3 aromatic rings. The maximum Gasteiger partial charge on any atom is 0.280 e. The zero-order valence-corrected chi connectivity index (χ0v) is 10.4. The molecule has 0 aliphatic rings. The second kappa shape index (κ2) is 5.08. The van der Waals surface area contributed by atoms with Gasteiger partial charge in [0.05, 0.1) is 5.39 Å². The molecule has 2 aromatic carbocycles. The topological polar surface area (TPSA) is 57.0 Å². The molecule has 0 saturated carbocycles. The van der Waals surface area contributed by atoms with Gasteiger partial charge in [-0.15, -0.1) is 5.10 Å². The molecule has 20 heavy (non-hydrogen) atoms. The molecule has 0 saturated heterocycles. The summed E-state index contributed by atoms with van der Waals surface area (Å²) >= 11 is 0. The highest BCUT2D eigenvalue weighted by molar-refractivity contribution is 5.76. The number of nitrogens with zero attached hydrogens (tertiary/aromatic N) is 3. The summed E-state index contributed by atoms with van der Waals surface area (Å²) in [6, 6.07) is 12.5. The molecule has 0 aliphatic carbocycles. The highest BCUT2D eigenvalue weighted by Gasteiger charge is 2.05. The predicted molar refractivity (Wildman–Crippen MR) is 70.8 cm³/mol. The number of rotatable bonds is 3. The fourth-order valence-corrected chi connectivity index (χ4v) is 1.77. The Bertz CT molecular complexity index is 799. The van der Waals surface area contributed by atoms with Crippen LogP contribution in [0.25, 0.3) is 10.9 Å². The molecule has 1 heterocycles. The van der Waals surface area contributed by atoms with Gasteiger partial charge < -0.3 is 4.74 Å². The zero-order valence-electron chi connectivity index (χ0n) is 10.4. The lowest BCUT2D eigenvalue weighted by atomic mass is 10.2. The van der Waals surface area contributed by atoms with E-state index in [0.29, 0.717) is 16.7 Å². The van der Waals surface area contributed by atoms with E-state index in [4.69, 9.17) is 4.74 Å². The van der Waals surface area contributed by atoms with Crippen molar-refractivity contribution in [3.05, 3.63) is 64.7 Å². The average Bonchev–Trinajstić information content (AvgIpc) is 2.49. The SMILES string of the molecule is O=c1c2ccccc2nnn1COc1ccc(F)cc1. The van der Waals surface area contributed by atoms with Crippen molar-refractivity contribution in [1.29, 1.82) is 0 Å². The number of benzene rings is 2. The molecule has 0 bridgehead atoms. The average molecular weight is 271 g/mol. The first-order chi connectivity index (χ1) is 9.74. The molecular weight excluding hydrogens is 261 g/mol. The molecule has 1 aromatic heterocycles. The van der Waals surface area contributed by atoms with E-state index in [2.05, 4.69) is 10.3 Å². The monoisotopic (exact) mass is 271 g/mol. The lowest BCUT2D eigenvalue weighted by Gasteiger charge is -2.07. The Morgan fingerprint density at radius 1 is 1.10 bits per heavy atom. The number of ether oxygens (including phenoxy) is 1. The Morgan fingerprint density at radius 3 is 2.65 bits per heavy atom. The van der Waals surface area contributed by atoms with E-state index in [9.17, 15) is 9.18 Å². The molecule has 0 spiro atoms.